The molecule has 4 nitrogen and oxygen atoms in total. The standard InChI is InChI=1S/C22H16BrN3O/c1-2-26-19-6-4-3-5-17(19)18-13-15(9-12-20(18)26)22-25-24-21(27-22)14-7-10-16(23)11-8-14/h3-13H,2H2,1H3. The van der Waals surface area contributed by atoms with E-state index in [1.807, 2.05) is 30.3 Å². The normalized spacial score (nSPS) is 11.5. The molecule has 5 heteroatoms. The molecule has 0 radical (unpaired) electrons. The van der Waals surface area contributed by atoms with Gasteiger partial charge in [0, 0.05) is 44.0 Å². The summed E-state index contributed by atoms with van der Waals surface area (Å²) in [5.74, 6) is 1.05. The maximum atomic E-state index is 5.95. The number of benzene rings is 3. The average molecular weight is 418 g/mol. The van der Waals surface area contributed by atoms with Gasteiger partial charge in [0.25, 0.3) is 0 Å². The highest BCUT2D eigenvalue weighted by Crippen LogP contribution is 2.33. The van der Waals surface area contributed by atoms with E-state index in [0.717, 1.165) is 22.1 Å². The summed E-state index contributed by atoms with van der Waals surface area (Å²) in [6.07, 6.45) is 0. The van der Waals surface area contributed by atoms with Gasteiger partial charge in [0.05, 0.1) is 0 Å². The third-order valence-corrected chi connectivity index (χ3v) is 5.38. The van der Waals surface area contributed by atoms with Crippen molar-refractivity contribution < 1.29 is 4.42 Å². The number of fused-ring (bicyclic) bond motifs is 3. The van der Waals surface area contributed by atoms with Crippen LogP contribution in [0.1, 0.15) is 6.92 Å². The van der Waals surface area contributed by atoms with Crippen LogP contribution in [0.25, 0.3) is 44.7 Å². The fourth-order valence-electron chi connectivity index (χ4n) is 3.58. The smallest absolute Gasteiger partial charge is 0.248 e. The second kappa shape index (κ2) is 6.35. The number of aryl methyl sites for hydroxylation is 1. The van der Waals surface area contributed by atoms with Crippen molar-refractivity contribution in [3.05, 3.63) is 71.2 Å². The van der Waals surface area contributed by atoms with Crippen molar-refractivity contribution in [3.63, 3.8) is 0 Å². The number of hydrogen-bond donors (Lipinski definition) is 0. The SMILES string of the molecule is CCn1c2ccccc2c2cc(-c3nnc(-c4ccc(Br)cc4)o3)ccc21. The molecular weight excluding hydrogens is 402 g/mol. The largest absolute Gasteiger partial charge is 0.416 e. The van der Waals surface area contributed by atoms with Gasteiger partial charge < -0.3 is 8.98 Å². The van der Waals surface area contributed by atoms with E-state index in [1.165, 1.54) is 21.8 Å². The number of rotatable bonds is 3. The quantitative estimate of drug-likeness (QED) is 0.346. The van der Waals surface area contributed by atoms with E-state index in [1.54, 1.807) is 0 Å². The molecule has 0 bridgehead atoms. The number of aromatic nitrogens is 3. The van der Waals surface area contributed by atoms with E-state index in [-0.39, 0.29) is 0 Å². The molecule has 5 rings (SSSR count). The molecule has 0 saturated heterocycles. The summed E-state index contributed by atoms with van der Waals surface area (Å²) in [4.78, 5) is 0. The zero-order valence-corrected chi connectivity index (χ0v) is 16.3. The lowest BCUT2D eigenvalue weighted by molar-refractivity contribution is 0.584. The van der Waals surface area contributed by atoms with Gasteiger partial charge in [0.2, 0.25) is 11.8 Å². The first-order valence-electron chi connectivity index (χ1n) is 8.85. The molecule has 5 aromatic rings. The molecule has 0 aliphatic carbocycles. The van der Waals surface area contributed by atoms with Crippen LogP contribution in [-0.2, 0) is 6.54 Å². The molecule has 0 atom stereocenters. The number of para-hydroxylation sites is 1. The van der Waals surface area contributed by atoms with Crippen LogP contribution in [0, 0.1) is 0 Å². The van der Waals surface area contributed by atoms with Crippen molar-refractivity contribution in [3.8, 4) is 22.9 Å². The molecule has 0 amide bonds. The molecule has 0 N–H and O–H groups in total. The molecular formula is C22H16BrN3O. The summed E-state index contributed by atoms with van der Waals surface area (Å²) in [5, 5.41) is 10.9. The average Bonchev–Trinajstić information content (AvgIpc) is 3.31. The fourth-order valence-corrected chi connectivity index (χ4v) is 3.84. The van der Waals surface area contributed by atoms with E-state index < -0.39 is 0 Å². The van der Waals surface area contributed by atoms with Crippen molar-refractivity contribution in [2.75, 3.05) is 0 Å². The summed E-state index contributed by atoms with van der Waals surface area (Å²) < 4.78 is 9.29. The zero-order chi connectivity index (χ0) is 18.4. The molecule has 27 heavy (non-hydrogen) atoms. The first-order valence-corrected chi connectivity index (χ1v) is 9.64. The van der Waals surface area contributed by atoms with Crippen molar-refractivity contribution in [2.24, 2.45) is 0 Å². The third-order valence-electron chi connectivity index (χ3n) is 4.85. The molecule has 0 aliphatic rings. The van der Waals surface area contributed by atoms with Gasteiger partial charge in [-0.3, -0.25) is 0 Å². The van der Waals surface area contributed by atoms with Crippen molar-refractivity contribution >= 4 is 37.7 Å². The van der Waals surface area contributed by atoms with Gasteiger partial charge in [-0.1, -0.05) is 34.1 Å². The summed E-state index contributed by atoms with van der Waals surface area (Å²) >= 11 is 3.44. The molecule has 132 valence electrons. The Morgan fingerprint density at radius 3 is 2.26 bits per heavy atom. The molecule has 0 spiro atoms. The minimum atomic E-state index is 0.522. The Morgan fingerprint density at radius 2 is 1.48 bits per heavy atom. The Kier molecular flexibility index (Phi) is 3.83. The number of nitrogens with zero attached hydrogens (tertiary/aromatic N) is 3. The highest BCUT2D eigenvalue weighted by Gasteiger charge is 2.14. The predicted molar refractivity (Wildman–Crippen MR) is 112 cm³/mol. The van der Waals surface area contributed by atoms with Crippen molar-refractivity contribution in [1.29, 1.82) is 0 Å². The second-order valence-electron chi connectivity index (χ2n) is 6.41. The first kappa shape index (κ1) is 16.3. The lowest BCUT2D eigenvalue weighted by atomic mass is 10.1. The summed E-state index contributed by atoms with van der Waals surface area (Å²) in [5.41, 5.74) is 4.29. The van der Waals surface area contributed by atoms with E-state index in [2.05, 4.69) is 74.0 Å². The molecule has 3 aromatic carbocycles. The monoisotopic (exact) mass is 417 g/mol. The van der Waals surface area contributed by atoms with Gasteiger partial charge in [-0.05, 0) is 55.5 Å². The van der Waals surface area contributed by atoms with E-state index in [4.69, 9.17) is 4.42 Å². The van der Waals surface area contributed by atoms with Crippen LogP contribution >= 0.6 is 15.9 Å². The van der Waals surface area contributed by atoms with Crippen molar-refractivity contribution in [2.45, 2.75) is 13.5 Å². The van der Waals surface area contributed by atoms with Crippen LogP contribution in [0.15, 0.2) is 75.6 Å². The third kappa shape index (κ3) is 2.66. The minimum Gasteiger partial charge on any atom is -0.416 e. The second-order valence-corrected chi connectivity index (χ2v) is 7.33. The minimum absolute atomic E-state index is 0.522. The van der Waals surface area contributed by atoms with Gasteiger partial charge in [0.1, 0.15) is 0 Å². The van der Waals surface area contributed by atoms with E-state index in [9.17, 15) is 0 Å². The Hall–Kier alpha value is -2.92. The Balaban J connectivity index is 1.64. The Morgan fingerprint density at radius 1 is 0.815 bits per heavy atom. The van der Waals surface area contributed by atoms with E-state index >= 15 is 0 Å². The summed E-state index contributed by atoms with van der Waals surface area (Å²) in [6.45, 7) is 3.10. The Labute approximate surface area is 164 Å². The van der Waals surface area contributed by atoms with Gasteiger partial charge in [-0.15, -0.1) is 10.2 Å². The number of hydrogen-bond acceptors (Lipinski definition) is 3. The molecule has 0 fully saturated rings. The van der Waals surface area contributed by atoms with Gasteiger partial charge in [0.15, 0.2) is 0 Å². The lowest BCUT2D eigenvalue weighted by Crippen LogP contribution is -1.92. The highest BCUT2D eigenvalue weighted by atomic mass is 79.9. The van der Waals surface area contributed by atoms with Gasteiger partial charge >= 0.3 is 0 Å². The van der Waals surface area contributed by atoms with Crippen LogP contribution in [-0.4, -0.2) is 14.8 Å². The van der Waals surface area contributed by atoms with Crippen molar-refractivity contribution in [1.82, 2.24) is 14.8 Å². The fraction of sp³-hybridized carbons (Fsp3) is 0.0909. The molecule has 0 unspecified atom stereocenters. The summed E-state index contributed by atoms with van der Waals surface area (Å²) in [6, 6.07) is 22.6. The van der Waals surface area contributed by atoms with Crippen LogP contribution < -0.4 is 0 Å². The molecule has 0 saturated carbocycles. The maximum absolute atomic E-state index is 5.95. The lowest BCUT2D eigenvalue weighted by Gasteiger charge is -2.02. The maximum Gasteiger partial charge on any atom is 0.248 e. The Bertz CT molecular complexity index is 1270. The van der Waals surface area contributed by atoms with Crippen LogP contribution in [0.5, 0.6) is 0 Å². The topological polar surface area (TPSA) is 43.9 Å². The highest BCUT2D eigenvalue weighted by molar-refractivity contribution is 9.10. The summed E-state index contributed by atoms with van der Waals surface area (Å²) in [7, 11) is 0. The molecule has 2 aromatic heterocycles. The number of halogens is 1. The van der Waals surface area contributed by atoms with Gasteiger partial charge in [-0.2, -0.15) is 0 Å². The van der Waals surface area contributed by atoms with Crippen LogP contribution in [0.4, 0.5) is 0 Å². The van der Waals surface area contributed by atoms with Gasteiger partial charge in [-0.25, -0.2) is 0 Å². The van der Waals surface area contributed by atoms with Crippen LogP contribution in [0.3, 0.4) is 0 Å². The predicted octanol–water partition coefficient (Wildman–Crippen LogP) is 6.29. The van der Waals surface area contributed by atoms with E-state index in [0.29, 0.717) is 11.8 Å². The molecule has 2 heterocycles. The zero-order valence-electron chi connectivity index (χ0n) is 14.7. The van der Waals surface area contributed by atoms with Crippen LogP contribution in [0.2, 0.25) is 0 Å². The molecule has 0 aliphatic heterocycles. The first-order chi connectivity index (χ1) is 13.2.